The number of benzene rings is 4. The summed E-state index contributed by atoms with van der Waals surface area (Å²) in [6, 6.07) is 29.0. The zero-order valence-electron chi connectivity index (χ0n) is 20.9. The van der Waals surface area contributed by atoms with Crippen molar-refractivity contribution < 1.29 is 19.0 Å². The second kappa shape index (κ2) is 10.4. The number of hydrogen-bond donors (Lipinski definition) is 1. The van der Waals surface area contributed by atoms with Gasteiger partial charge >= 0.3 is 5.97 Å². The highest BCUT2D eigenvalue weighted by molar-refractivity contribution is 5.92. The second-order valence-corrected chi connectivity index (χ2v) is 9.22. The lowest BCUT2D eigenvalue weighted by atomic mass is 9.83. The van der Waals surface area contributed by atoms with E-state index in [0.29, 0.717) is 17.9 Å². The van der Waals surface area contributed by atoms with Crippen LogP contribution < -0.4 is 14.8 Å². The molecule has 1 unspecified atom stereocenters. The Kier molecular flexibility index (Phi) is 6.92. The van der Waals surface area contributed by atoms with Gasteiger partial charge < -0.3 is 19.5 Å². The number of esters is 1. The second-order valence-electron chi connectivity index (χ2n) is 9.22. The van der Waals surface area contributed by atoms with Crippen LogP contribution in [0.3, 0.4) is 0 Å². The number of carbonyl (C=O) groups is 1. The highest BCUT2D eigenvalue weighted by atomic mass is 16.5. The van der Waals surface area contributed by atoms with Crippen molar-refractivity contribution >= 4 is 16.7 Å². The van der Waals surface area contributed by atoms with Crippen LogP contribution in [0.25, 0.3) is 10.8 Å². The maximum atomic E-state index is 12.4. The third kappa shape index (κ3) is 4.67. The molecule has 0 saturated heterocycles. The van der Waals surface area contributed by atoms with Crippen LogP contribution in [-0.2, 0) is 4.74 Å². The fourth-order valence-corrected chi connectivity index (χ4v) is 5.19. The van der Waals surface area contributed by atoms with Crippen molar-refractivity contribution in [2.45, 2.75) is 31.4 Å². The Hall–Kier alpha value is -3.83. The predicted molar refractivity (Wildman–Crippen MR) is 142 cm³/mol. The lowest BCUT2D eigenvalue weighted by Crippen LogP contribution is -2.37. The lowest BCUT2D eigenvalue weighted by Gasteiger charge is -2.33. The highest BCUT2D eigenvalue weighted by Crippen LogP contribution is 2.41. The molecule has 1 heterocycles. The monoisotopic (exact) mass is 481 g/mol. The molecule has 0 aromatic heterocycles. The van der Waals surface area contributed by atoms with Gasteiger partial charge in [-0.1, -0.05) is 66.7 Å². The molecule has 1 aliphatic heterocycles. The Bertz CT molecular complexity index is 1380. The minimum Gasteiger partial charge on any atom is -0.496 e. The Morgan fingerprint density at radius 1 is 1.00 bits per heavy atom. The Labute approximate surface area is 212 Å². The summed E-state index contributed by atoms with van der Waals surface area (Å²) in [5, 5.41) is 6.21. The van der Waals surface area contributed by atoms with Gasteiger partial charge in [0.2, 0.25) is 0 Å². The van der Waals surface area contributed by atoms with Crippen molar-refractivity contribution in [1.29, 1.82) is 0 Å². The van der Waals surface area contributed by atoms with E-state index >= 15 is 0 Å². The van der Waals surface area contributed by atoms with E-state index in [1.54, 1.807) is 7.11 Å². The maximum Gasteiger partial charge on any atom is 0.341 e. The molecule has 5 heteroatoms. The first-order chi connectivity index (χ1) is 17.6. The summed E-state index contributed by atoms with van der Waals surface area (Å²) in [5.41, 5.74) is 3.87. The number of hydrogen-bond acceptors (Lipinski definition) is 5. The summed E-state index contributed by atoms with van der Waals surface area (Å²) in [5.74, 6) is 1.07. The average Bonchev–Trinajstić information content (AvgIpc) is 2.94. The number of carbonyl (C=O) groups excluding carboxylic acids is 1. The van der Waals surface area contributed by atoms with Crippen LogP contribution >= 0.6 is 0 Å². The number of nitrogens with one attached hydrogen (secondary N) is 1. The quantitative estimate of drug-likeness (QED) is 0.315. The first-order valence-corrected chi connectivity index (χ1v) is 12.3. The van der Waals surface area contributed by atoms with Gasteiger partial charge in [-0.2, -0.15) is 0 Å². The standard InChI is InChI=1S/C31H31NO4/c1-20(24-13-8-10-21-9-4-5-11-25(21)24)32-19-23-18-27(26-12-6-7-14-30(26)36-23)22-15-16-29(34-2)28(17-22)31(33)35-3/h4-17,20,23,27,32H,18-19H2,1-3H3/t20?,23-,27+/m1/s1. The molecule has 1 aliphatic rings. The highest BCUT2D eigenvalue weighted by Gasteiger charge is 2.30. The molecule has 0 spiro atoms. The van der Waals surface area contributed by atoms with Crippen LogP contribution in [-0.4, -0.2) is 32.8 Å². The zero-order valence-corrected chi connectivity index (χ0v) is 20.9. The van der Waals surface area contributed by atoms with Gasteiger partial charge in [-0.05, 0) is 53.4 Å². The van der Waals surface area contributed by atoms with Gasteiger partial charge in [-0.3, -0.25) is 0 Å². The van der Waals surface area contributed by atoms with Gasteiger partial charge in [-0.15, -0.1) is 0 Å². The van der Waals surface area contributed by atoms with Crippen molar-refractivity contribution in [1.82, 2.24) is 5.32 Å². The smallest absolute Gasteiger partial charge is 0.341 e. The van der Waals surface area contributed by atoms with E-state index in [-0.39, 0.29) is 18.1 Å². The number of methoxy groups -OCH3 is 2. The predicted octanol–water partition coefficient (Wildman–Crippen LogP) is 6.27. The van der Waals surface area contributed by atoms with E-state index in [9.17, 15) is 4.79 Å². The van der Waals surface area contributed by atoms with Gasteiger partial charge in [0.15, 0.2) is 0 Å². The molecule has 184 valence electrons. The summed E-state index contributed by atoms with van der Waals surface area (Å²) in [6.45, 7) is 2.90. The molecule has 0 saturated carbocycles. The number of para-hydroxylation sites is 1. The van der Waals surface area contributed by atoms with Gasteiger partial charge in [0.1, 0.15) is 23.2 Å². The number of rotatable bonds is 7. The minimum absolute atomic E-state index is 0.0222. The fraction of sp³-hybridized carbons (Fsp3) is 0.258. The van der Waals surface area contributed by atoms with Crippen molar-refractivity contribution in [3.8, 4) is 11.5 Å². The molecule has 4 aromatic carbocycles. The molecule has 1 N–H and O–H groups in total. The molecule has 3 atom stereocenters. The van der Waals surface area contributed by atoms with Crippen molar-refractivity contribution in [3.05, 3.63) is 107 Å². The van der Waals surface area contributed by atoms with Crippen LogP contribution in [0.1, 0.15) is 52.4 Å². The molecule has 0 amide bonds. The SMILES string of the molecule is COC(=O)c1cc([C@@H]2C[C@H](CNC(C)c3cccc4ccccc34)Oc3ccccc32)ccc1OC. The third-order valence-electron chi connectivity index (χ3n) is 7.06. The summed E-state index contributed by atoms with van der Waals surface area (Å²) < 4.78 is 16.8. The maximum absolute atomic E-state index is 12.4. The number of ether oxygens (including phenoxy) is 3. The summed E-state index contributed by atoms with van der Waals surface area (Å²) in [4.78, 5) is 12.4. The molecular formula is C31H31NO4. The largest absolute Gasteiger partial charge is 0.496 e. The molecule has 5 nitrogen and oxygen atoms in total. The Morgan fingerprint density at radius 3 is 2.61 bits per heavy atom. The van der Waals surface area contributed by atoms with Gasteiger partial charge in [0.05, 0.1) is 14.2 Å². The third-order valence-corrected chi connectivity index (χ3v) is 7.06. The first kappa shape index (κ1) is 23.9. The summed E-state index contributed by atoms with van der Waals surface area (Å²) in [7, 11) is 2.95. The van der Waals surface area contributed by atoms with Crippen molar-refractivity contribution in [3.63, 3.8) is 0 Å². The van der Waals surface area contributed by atoms with Crippen LogP contribution in [0.2, 0.25) is 0 Å². The lowest BCUT2D eigenvalue weighted by molar-refractivity contribution is 0.0597. The first-order valence-electron chi connectivity index (χ1n) is 12.3. The minimum atomic E-state index is -0.406. The van der Waals surface area contributed by atoms with Gasteiger partial charge in [0.25, 0.3) is 0 Å². The molecule has 0 aliphatic carbocycles. The van der Waals surface area contributed by atoms with Crippen LogP contribution in [0.4, 0.5) is 0 Å². The normalized spacial score (nSPS) is 17.6. The molecule has 5 rings (SSSR count). The van der Waals surface area contributed by atoms with E-state index in [0.717, 1.165) is 23.3 Å². The molecular weight excluding hydrogens is 450 g/mol. The summed E-state index contributed by atoms with van der Waals surface area (Å²) >= 11 is 0. The fourth-order valence-electron chi connectivity index (χ4n) is 5.19. The van der Waals surface area contributed by atoms with E-state index < -0.39 is 5.97 Å². The molecule has 36 heavy (non-hydrogen) atoms. The van der Waals surface area contributed by atoms with Crippen molar-refractivity contribution in [2.24, 2.45) is 0 Å². The molecule has 0 fully saturated rings. The summed E-state index contributed by atoms with van der Waals surface area (Å²) in [6.07, 6.45) is 0.769. The van der Waals surface area contributed by atoms with Crippen molar-refractivity contribution in [2.75, 3.05) is 20.8 Å². The topological polar surface area (TPSA) is 56.8 Å². The zero-order chi connectivity index (χ0) is 25.1. The van der Waals surface area contributed by atoms with Gasteiger partial charge in [-0.25, -0.2) is 4.79 Å². The van der Waals surface area contributed by atoms with E-state index in [1.807, 2.05) is 36.4 Å². The van der Waals surface area contributed by atoms with Crippen LogP contribution in [0.5, 0.6) is 11.5 Å². The van der Waals surface area contributed by atoms with Crippen LogP contribution in [0, 0.1) is 0 Å². The molecule has 0 radical (unpaired) electrons. The average molecular weight is 482 g/mol. The van der Waals surface area contributed by atoms with E-state index in [2.05, 4.69) is 60.8 Å². The Morgan fingerprint density at radius 2 is 1.78 bits per heavy atom. The molecule has 0 bridgehead atoms. The van der Waals surface area contributed by atoms with E-state index in [4.69, 9.17) is 14.2 Å². The van der Waals surface area contributed by atoms with Crippen LogP contribution in [0.15, 0.2) is 84.9 Å². The van der Waals surface area contributed by atoms with Gasteiger partial charge in [0, 0.05) is 24.1 Å². The number of fused-ring (bicyclic) bond motifs is 2. The Balaban J connectivity index is 1.39. The van der Waals surface area contributed by atoms with E-state index in [1.165, 1.54) is 23.4 Å². The molecule has 4 aromatic rings.